The molecule has 0 aromatic rings. The normalized spacial score (nSPS) is 22.4. The number of carbonyl (C=O) groups excluding carboxylic acids is 2. The van der Waals surface area contributed by atoms with Crippen LogP contribution in [0.3, 0.4) is 0 Å². The van der Waals surface area contributed by atoms with Crippen molar-refractivity contribution in [2.45, 2.75) is 43.8 Å². The highest BCUT2D eigenvalue weighted by Crippen LogP contribution is 2.36. The Morgan fingerprint density at radius 1 is 1.20 bits per heavy atom. The van der Waals surface area contributed by atoms with Gasteiger partial charge in [-0.15, -0.1) is 0 Å². The third-order valence-corrected chi connectivity index (χ3v) is 3.81. The van der Waals surface area contributed by atoms with E-state index in [1.807, 2.05) is 0 Å². The fraction of sp³-hybridized carbons (Fsp3) is 0.833. The van der Waals surface area contributed by atoms with Crippen LogP contribution in [0, 0.1) is 0 Å². The second-order valence-electron chi connectivity index (χ2n) is 5.17. The number of hydrogen-bond donors (Lipinski definition) is 1. The molecule has 0 unspecified atom stereocenters. The highest BCUT2D eigenvalue weighted by molar-refractivity contribution is 6.07. The summed E-state index contributed by atoms with van der Waals surface area (Å²) >= 11 is 0. The van der Waals surface area contributed by atoms with Crippen molar-refractivity contribution in [3.05, 3.63) is 0 Å². The lowest BCUT2D eigenvalue weighted by Gasteiger charge is -2.38. The molecule has 20 heavy (non-hydrogen) atoms. The number of halogens is 3. The number of ether oxygens (including phenoxy) is 1. The second-order valence-corrected chi connectivity index (χ2v) is 5.17. The van der Waals surface area contributed by atoms with Crippen molar-refractivity contribution >= 4 is 11.9 Å². The zero-order chi connectivity index (χ0) is 14.8. The summed E-state index contributed by atoms with van der Waals surface area (Å²) in [6.07, 6.45) is -0.595. The van der Waals surface area contributed by atoms with E-state index in [1.165, 1.54) is 4.90 Å². The van der Waals surface area contributed by atoms with Gasteiger partial charge in [-0.2, -0.15) is 13.2 Å². The zero-order valence-electron chi connectivity index (χ0n) is 11.0. The molecule has 1 N–H and O–H groups in total. The van der Waals surface area contributed by atoms with E-state index in [1.54, 1.807) is 0 Å². The first kappa shape index (κ1) is 15.1. The highest BCUT2D eigenvalue weighted by Gasteiger charge is 2.52. The summed E-state index contributed by atoms with van der Waals surface area (Å²) in [7, 11) is 0. The van der Waals surface area contributed by atoms with E-state index in [0.29, 0.717) is 12.8 Å². The minimum atomic E-state index is -4.38. The monoisotopic (exact) mass is 294 g/mol. The van der Waals surface area contributed by atoms with Crippen molar-refractivity contribution < 1.29 is 27.5 Å². The number of imide groups is 1. The van der Waals surface area contributed by atoms with Gasteiger partial charge in [-0.3, -0.25) is 10.1 Å². The standard InChI is InChI=1S/C12H17F3N2O3/c13-12(14,15)8-20-7-6-17-10(19)16-9(18)11(17)4-2-1-3-5-11/h1-8H2,(H,16,18,19). The maximum Gasteiger partial charge on any atom is 0.411 e. The Morgan fingerprint density at radius 2 is 1.85 bits per heavy atom. The van der Waals surface area contributed by atoms with Crippen LogP contribution in [0.4, 0.5) is 18.0 Å². The quantitative estimate of drug-likeness (QED) is 0.635. The van der Waals surface area contributed by atoms with Crippen LogP contribution in [0.25, 0.3) is 0 Å². The van der Waals surface area contributed by atoms with E-state index in [-0.39, 0.29) is 19.1 Å². The van der Waals surface area contributed by atoms with Crippen LogP contribution >= 0.6 is 0 Å². The van der Waals surface area contributed by atoms with E-state index in [2.05, 4.69) is 10.1 Å². The van der Waals surface area contributed by atoms with Gasteiger partial charge >= 0.3 is 12.2 Å². The third-order valence-electron chi connectivity index (χ3n) is 3.81. The number of alkyl halides is 3. The molecule has 0 aromatic heterocycles. The lowest BCUT2D eigenvalue weighted by Crippen LogP contribution is -2.52. The Morgan fingerprint density at radius 3 is 2.45 bits per heavy atom. The Kier molecular flexibility index (Phi) is 4.22. The lowest BCUT2D eigenvalue weighted by atomic mass is 9.80. The van der Waals surface area contributed by atoms with Crippen LogP contribution in [0.5, 0.6) is 0 Å². The predicted molar refractivity (Wildman–Crippen MR) is 62.9 cm³/mol. The molecule has 1 spiro atoms. The number of urea groups is 1. The van der Waals surface area contributed by atoms with Gasteiger partial charge in [0.15, 0.2) is 0 Å². The summed E-state index contributed by atoms with van der Waals surface area (Å²) in [6, 6.07) is -0.535. The molecule has 1 aliphatic heterocycles. The van der Waals surface area contributed by atoms with Crippen LogP contribution < -0.4 is 5.32 Å². The highest BCUT2D eigenvalue weighted by atomic mass is 19.4. The fourth-order valence-corrected chi connectivity index (χ4v) is 2.89. The summed E-state index contributed by atoms with van der Waals surface area (Å²) in [4.78, 5) is 25.1. The molecule has 2 aliphatic rings. The lowest BCUT2D eigenvalue weighted by molar-refractivity contribution is -0.174. The number of nitrogens with zero attached hydrogens (tertiary/aromatic N) is 1. The Balaban J connectivity index is 1.94. The summed E-state index contributed by atoms with van der Waals surface area (Å²) in [5.41, 5.74) is -0.878. The van der Waals surface area contributed by atoms with Gasteiger partial charge in [0.05, 0.1) is 6.61 Å². The first-order valence-corrected chi connectivity index (χ1v) is 6.63. The average molecular weight is 294 g/mol. The summed E-state index contributed by atoms with van der Waals surface area (Å²) < 4.78 is 40.4. The molecule has 0 radical (unpaired) electrons. The maximum absolute atomic E-state index is 12.0. The van der Waals surface area contributed by atoms with Gasteiger partial charge in [-0.25, -0.2) is 4.79 Å². The second kappa shape index (κ2) is 5.59. The molecule has 1 heterocycles. The van der Waals surface area contributed by atoms with Crippen molar-refractivity contribution in [2.24, 2.45) is 0 Å². The zero-order valence-corrected chi connectivity index (χ0v) is 11.0. The van der Waals surface area contributed by atoms with Gasteiger partial charge in [0.1, 0.15) is 12.1 Å². The minimum Gasteiger partial charge on any atom is -0.370 e. The van der Waals surface area contributed by atoms with E-state index in [4.69, 9.17) is 0 Å². The van der Waals surface area contributed by atoms with E-state index in [9.17, 15) is 22.8 Å². The average Bonchev–Trinajstić information content (AvgIpc) is 2.58. The van der Waals surface area contributed by atoms with Crippen molar-refractivity contribution in [2.75, 3.05) is 19.8 Å². The van der Waals surface area contributed by atoms with Gasteiger partial charge in [-0.05, 0) is 12.8 Å². The van der Waals surface area contributed by atoms with Crippen LogP contribution in [-0.2, 0) is 9.53 Å². The largest absolute Gasteiger partial charge is 0.411 e. The summed E-state index contributed by atoms with van der Waals surface area (Å²) in [5.74, 6) is -0.335. The van der Waals surface area contributed by atoms with E-state index >= 15 is 0 Å². The number of rotatable bonds is 4. The first-order valence-electron chi connectivity index (χ1n) is 6.63. The molecular formula is C12H17F3N2O3. The number of carbonyl (C=O) groups is 2. The molecule has 5 nitrogen and oxygen atoms in total. The molecule has 2 fully saturated rings. The third kappa shape index (κ3) is 3.05. The first-order chi connectivity index (χ1) is 9.35. The van der Waals surface area contributed by atoms with Crippen LogP contribution in [0.15, 0.2) is 0 Å². The smallest absolute Gasteiger partial charge is 0.370 e. The van der Waals surface area contributed by atoms with Crippen LogP contribution in [-0.4, -0.2) is 48.3 Å². The number of hydrogen-bond acceptors (Lipinski definition) is 3. The van der Waals surface area contributed by atoms with Gasteiger partial charge in [0.25, 0.3) is 5.91 Å². The van der Waals surface area contributed by atoms with Crippen molar-refractivity contribution in [1.82, 2.24) is 10.2 Å². The summed E-state index contributed by atoms with van der Waals surface area (Å²) in [6.45, 7) is -1.58. The van der Waals surface area contributed by atoms with E-state index < -0.39 is 24.4 Å². The molecule has 1 saturated heterocycles. The molecule has 0 atom stereocenters. The van der Waals surface area contributed by atoms with E-state index in [0.717, 1.165) is 19.3 Å². The van der Waals surface area contributed by atoms with Gasteiger partial charge in [0, 0.05) is 6.54 Å². The fourth-order valence-electron chi connectivity index (χ4n) is 2.89. The Bertz CT molecular complexity index is 392. The Labute approximate surface area is 114 Å². The molecule has 3 amide bonds. The van der Waals surface area contributed by atoms with Crippen molar-refractivity contribution in [1.29, 1.82) is 0 Å². The topological polar surface area (TPSA) is 58.6 Å². The number of nitrogens with one attached hydrogen (secondary N) is 1. The molecular weight excluding hydrogens is 277 g/mol. The van der Waals surface area contributed by atoms with Gasteiger partial charge in [0.2, 0.25) is 0 Å². The number of amides is 3. The van der Waals surface area contributed by atoms with Crippen LogP contribution in [0.1, 0.15) is 32.1 Å². The SMILES string of the molecule is O=C1NC(=O)C2(CCCCC2)N1CCOCC(F)(F)F. The van der Waals surface area contributed by atoms with Gasteiger partial charge in [-0.1, -0.05) is 19.3 Å². The predicted octanol–water partition coefficient (Wildman–Crippen LogP) is 1.82. The maximum atomic E-state index is 12.0. The summed E-state index contributed by atoms with van der Waals surface area (Å²) in [5, 5.41) is 2.25. The van der Waals surface area contributed by atoms with Crippen molar-refractivity contribution in [3.63, 3.8) is 0 Å². The molecule has 1 aliphatic carbocycles. The molecule has 0 aromatic carbocycles. The van der Waals surface area contributed by atoms with Gasteiger partial charge < -0.3 is 9.64 Å². The van der Waals surface area contributed by atoms with Crippen LogP contribution in [0.2, 0.25) is 0 Å². The Hall–Kier alpha value is -1.31. The molecule has 114 valence electrons. The molecule has 0 bridgehead atoms. The molecule has 8 heteroatoms. The minimum absolute atomic E-state index is 0.00630. The molecule has 2 rings (SSSR count). The van der Waals surface area contributed by atoms with Crippen molar-refractivity contribution in [3.8, 4) is 0 Å². The molecule has 1 saturated carbocycles.